The van der Waals surface area contributed by atoms with Gasteiger partial charge in [-0.15, -0.1) is 23.2 Å². The SMILES string of the molecule is CC(=O)OCl.ClCCCCCCCCCCCCl. The first kappa shape index (κ1) is 20.7. The van der Waals surface area contributed by atoms with Crippen molar-refractivity contribution in [1.82, 2.24) is 0 Å². The van der Waals surface area contributed by atoms with Crippen molar-refractivity contribution in [2.45, 2.75) is 64.7 Å². The molecule has 0 saturated carbocycles. The third-order valence-electron chi connectivity index (χ3n) is 2.38. The van der Waals surface area contributed by atoms with Crippen molar-refractivity contribution in [3.63, 3.8) is 0 Å². The molecule has 0 spiro atoms. The van der Waals surface area contributed by atoms with Crippen LogP contribution < -0.4 is 0 Å². The number of unbranched alkanes of at least 4 members (excludes halogenated alkanes) is 8. The van der Waals surface area contributed by atoms with Gasteiger partial charge in [0.05, 0.1) is 0 Å². The Labute approximate surface area is 126 Å². The molecule has 0 heterocycles. The highest BCUT2D eigenvalue weighted by atomic mass is 35.5. The maximum atomic E-state index is 9.46. The van der Waals surface area contributed by atoms with E-state index in [1.165, 1.54) is 64.7 Å². The van der Waals surface area contributed by atoms with Crippen molar-refractivity contribution in [1.29, 1.82) is 0 Å². The van der Waals surface area contributed by atoms with Crippen LogP contribution in [0.1, 0.15) is 64.7 Å². The standard InChI is InChI=1S/C11H22Cl2.C2H3ClO2/c12-10-8-6-4-2-1-3-5-7-9-11-13;1-2(4)5-3/h1-11H2;1H3. The summed E-state index contributed by atoms with van der Waals surface area (Å²) in [4.78, 5) is 9.46. The van der Waals surface area contributed by atoms with Crippen LogP contribution in [0.25, 0.3) is 0 Å². The fourth-order valence-electron chi connectivity index (χ4n) is 1.43. The second-order valence-corrected chi connectivity index (χ2v) is 5.04. The van der Waals surface area contributed by atoms with Gasteiger partial charge in [0.2, 0.25) is 0 Å². The number of alkyl halides is 2. The van der Waals surface area contributed by atoms with Crippen molar-refractivity contribution in [3.8, 4) is 0 Å². The molecule has 0 N–H and O–H groups in total. The number of carbonyl (C=O) groups excluding carboxylic acids is 1. The summed E-state index contributed by atoms with van der Waals surface area (Å²) in [5.74, 6) is 1.18. The van der Waals surface area contributed by atoms with E-state index >= 15 is 0 Å². The lowest BCUT2D eigenvalue weighted by molar-refractivity contribution is -0.131. The predicted molar refractivity (Wildman–Crippen MR) is 80.6 cm³/mol. The minimum atomic E-state index is -0.480. The second-order valence-electron chi connectivity index (χ2n) is 4.13. The van der Waals surface area contributed by atoms with Crippen molar-refractivity contribution < 1.29 is 9.08 Å². The highest BCUT2D eigenvalue weighted by Crippen LogP contribution is 2.10. The first-order valence-electron chi connectivity index (χ1n) is 6.60. The third-order valence-corrected chi connectivity index (χ3v) is 3.13. The van der Waals surface area contributed by atoms with E-state index in [0.717, 1.165) is 11.8 Å². The molecule has 0 aromatic heterocycles. The van der Waals surface area contributed by atoms with Gasteiger partial charge in [0.25, 0.3) is 0 Å². The molecule has 0 bridgehead atoms. The summed E-state index contributed by atoms with van der Waals surface area (Å²) in [5, 5.41) is 0. The fraction of sp³-hybridized carbons (Fsp3) is 0.923. The molecular weight excluding hydrogens is 294 g/mol. The molecule has 2 nitrogen and oxygen atoms in total. The maximum absolute atomic E-state index is 9.46. The predicted octanol–water partition coefficient (Wildman–Crippen LogP) is 5.68. The first-order valence-corrected chi connectivity index (χ1v) is 7.97. The quantitative estimate of drug-likeness (QED) is 0.382. The van der Waals surface area contributed by atoms with Gasteiger partial charge in [-0.2, -0.15) is 0 Å². The zero-order valence-electron chi connectivity index (χ0n) is 11.2. The molecule has 0 fully saturated rings. The minimum absolute atomic E-state index is 0.480. The molecule has 0 rings (SSSR count). The van der Waals surface area contributed by atoms with E-state index in [4.69, 9.17) is 23.2 Å². The van der Waals surface area contributed by atoms with Crippen LogP contribution >= 0.6 is 35.1 Å². The highest BCUT2D eigenvalue weighted by Gasteiger charge is 1.91. The Balaban J connectivity index is 0. The lowest BCUT2D eigenvalue weighted by atomic mass is 10.1. The van der Waals surface area contributed by atoms with Gasteiger partial charge in [0, 0.05) is 18.7 Å². The van der Waals surface area contributed by atoms with Gasteiger partial charge in [-0.3, -0.25) is 4.79 Å². The molecule has 0 unspecified atom stereocenters. The van der Waals surface area contributed by atoms with Gasteiger partial charge in [-0.05, 0) is 12.8 Å². The Morgan fingerprint density at radius 2 is 1.00 bits per heavy atom. The van der Waals surface area contributed by atoms with Crippen LogP contribution in [0.5, 0.6) is 0 Å². The van der Waals surface area contributed by atoms with Crippen LogP contribution in [0.4, 0.5) is 0 Å². The summed E-state index contributed by atoms with van der Waals surface area (Å²) >= 11 is 15.7. The van der Waals surface area contributed by atoms with E-state index in [1.54, 1.807) is 0 Å². The normalized spacial score (nSPS) is 9.56. The molecule has 0 atom stereocenters. The summed E-state index contributed by atoms with van der Waals surface area (Å²) in [7, 11) is 0. The largest absolute Gasteiger partial charge is 0.348 e. The zero-order chi connectivity index (χ0) is 14.1. The van der Waals surface area contributed by atoms with Gasteiger partial charge in [-0.1, -0.05) is 44.9 Å². The van der Waals surface area contributed by atoms with Crippen molar-refractivity contribution in [2.75, 3.05) is 11.8 Å². The van der Waals surface area contributed by atoms with Crippen molar-refractivity contribution in [2.24, 2.45) is 0 Å². The zero-order valence-corrected chi connectivity index (χ0v) is 13.5. The van der Waals surface area contributed by atoms with Gasteiger partial charge >= 0.3 is 5.97 Å². The Bertz CT molecular complexity index is 156. The average molecular weight is 320 g/mol. The van der Waals surface area contributed by atoms with Crippen molar-refractivity contribution >= 4 is 41.0 Å². The molecule has 0 aromatic rings. The molecule has 0 aliphatic carbocycles. The van der Waals surface area contributed by atoms with Gasteiger partial charge in [0.1, 0.15) is 11.9 Å². The molecule has 0 saturated heterocycles. The second kappa shape index (κ2) is 19.7. The van der Waals surface area contributed by atoms with Crippen molar-refractivity contribution in [3.05, 3.63) is 0 Å². The molecule has 0 aliphatic rings. The summed E-state index contributed by atoms with van der Waals surface area (Å²) in [6.45, 7) is 1.23. The minimum Gasteiger partial charge on any atom is -0.348 e. The molecule has 110 valence electrons. The molecule has 0 aromatic carbocycles. The summed E-state index contributed by atoms with van der Waals surface area (Å²) in [6.07, 6.45) is 11.9. The number of hydrogen-bond donors (Lipinski definition) is 0. The van der Waals surface area contributed by atoms with E-state index < -0.39 is 5.97 Å². The Morgan fingerprint density at radius 3 is 1.17 bits per heavy atom. The summed E-state index contributed by atoms with van der Waals surface area (Å²) in [5.41, 5.74) is 0. The Kier molecular flexibility index (Phi) is 22.6. The summed E-state index contributed by atoms with van der Waals surface area (Å²) < 4.78 is 3.58. The van der Waals surface area contributed by atoms with Gasteiger partial charge in [0.15, 0.2) is 0 Å². The third kappa shape index (κ3) is 25.3. The molecule has 0 radical (unpaired) electrons. The number of rotatable bonds is 10. The van der Waals surface area contributed by atoms with E-state index in [1.807, 2.05) is 0 Å². The summed E-state index contributed by atoms with van der Waals surface area (Å²) in [6, 6.07) is 0. The lowest BCUT2D eigenvalue weighted by Crippen LogP contribution is -1.82. The fourth-order valence-corrected chi connectivity index (χ4v) is 1.80. The number of hydrogen-bond acceptors (Lipinski definition) is 2. The van der Waals surface area contributed by atoms with E-state index in [9.17, 15) is 4.79 Å². The van der Waals surface area contributed by atoms with Gasteiger partial charge in [-0.25, -0.2) is 0 Å². The van der Waals surface area contributed by atoms with E-state index in [0.29, 0.717) is 0 Å². The average Bonchev–Trinajstić information content (AvgIpc) is 2.37. The van der Waals surface area contributed by atoms with Crippen LogP contribution in [-0.4, -0.2) is 17.7 Å². The molecular formula is C13H25Cl3O2. The van der Waals surface area contributed by atoms with E-state index in [-0.39, 0.29) is 0 Å². The molecule has 5 heteroatoms. The number of carbonyl (C=O) groups is 1. The maximum Gasteiger partial charge on any atom is 0.321 e. The van der Waals surface area contributed by atoms with Crippen LogP contribution in [-0.2, 0) is 9.08 Å². The van der Waals surface area contributed by atoms with Crippen LogP contribution in [0.3, 0.4) is 0 Å². The first-order chi connectivity index (χ1) is 8.68. The Hall–Kier alpha value is 0.340. The van der Waals surface area contributed by atoms with Crippen LogP contribution in [0.2, 0.25) is 0 Å². The number of halogens is 3. The monoisotopic (exact) mass is 318 g/mol. The molecule has 0 amide bonds. The van der Waals surface area contributed by atoms with E-state index in [2.05, 4.69) is 16.2 Å². The Morgan fingerprint density at radius 1 is 0.778 bits per heavy atom. The lowest BCUT2D eigenvalue weighted by Gasteiger charge is -2.00. The molecule has 0 aliphatic heterocycles. The van der Waals surface area contributed by atoms with Crippen LogP contribution in [0, 0.1) is 0 Å². The highest BCUT2D eigenvalue weighted by molar-refractivity contribution is 6.18. The smallest absolute Gasteiger partial charge is 0.321 e. The topological polar surface area (TPSA) is 26.3 Å². The molecule has 18 heavy (non-hydrogen) atoms. The van der Waals surface area contributed by atoms with Crippen LogP contribution in [0.15, 0.2) is 0 Å². The van der Waals surface area contributed by atoms with Gasteiger partial charge < -0.3 is 4.29 Å².